The number of likely N-dealkylation sites (tertiary alicyclic amines) is 1. The van der Waals surface area contributed by atoms with Crippen LogP contribution in [0.25, 0.3) is 0 Å². The first-order chi connectivity index (χ1) is 20.1. The van der Waals surface area contributed by atoms with E-state index in [9.17, 15) is 23.1 Å². The van der Waals surface area contributed by atoms with Crippen LogP contribution in [0.1, 0.15) is 81.7 Å². The third-order valence-electron chi connectivity index (χ3n) is 7.51. The van der Waals surface area contributed by atoms with Gasteiger partial charge < -0.3 is 15.3 Å². The fourth-order valence-electron chi connectivity index (χ4n) is 5.27. The van der Waals surface area contributed by atoms with Crippen LogP contribution >= 0.6 is 11.6 Å². The molecule has 0 spiro atoms. The van der Waals surface area contributed by atoms with Crippen molar-refractivity contribution in [3.63, 3.8) is 0 Å². The first kappa shape index (κ1) is 32.2. The van der Waals surface area contributed by atoms with Gasteiger partial charge in [0.15, 0.2) is 5.03 Å². The van der Waals surface area contributed by atoms with Crippen molar-refractivity contribution in [3.05, 3.63) is 76.8 Å². The summed E-state index contributed by atoms with van der Waals surface area (Å²) < 4.78 is 28.4. The summed E-state index contributed by atoms with van der Waals surface area (Å²) in [6.07, 6.45) is 2.81. The molecule has 11 nitrogen and oxygen atoms in total. The van der Waals surface area contributed by atoms with Gasteiger partial charge in [0.25, 0.3) is 15.9 Å². The molecule has 2 amide bonds. The van der Waals surface area contributed by atoms with Gasteiger partial charge in [-0.3, -0.25) is 9.78 Å². The molecule has 3 aromatic heterocycles. The van der Waals surface area contributed by atoms with Gasteiger partial charge in [0.05, 0.1) is 17.3 Å². The van der Waals surface area contributed by atoms with E-state index in [1.807, 2.05) is 51.5 Å². The number of hydrogen-bond acceptors (Lipinski definition) is 8. The second kappa shape index (κ2) is 12.5. The highest BCUT2D eigenvalue weighted by atomic mass is 35.5. The molecule has 0 aromatic carbocycles. The molecule has 4 heterocycles. The second-order valence-electron chi connectivity index (χ2n) is 12.4. The number of halogens is 1. The molecule has 0 aliphatic carbocycles. The van der Waals surface area contributed by atoms with Gasteiger partial charge >= 0.3 is 6.09 Å². The molecule has 0 radical (unpaired) electrons. The lowest BCUT2D eigenvalue weighted by Crippen LogP contribution is -2.41. The van der Waals surface area contributed by atoms with E-state index >= 15 is 0 Å². The number of rotatable bonds is 9. The SMILES string of the molecule is CC(C)(C)c1ccc(C(=O)NS(=O)(=O)c2cccc(NC(CC[C@@H]3CN(C(=O)O)C(C)(C)C3)c3ccccn3)n2)c(Cl)n1. The summed E-state index contributed by atoms with van der Waals surface area (Å²) in [6, 6.07) is 12.7. The van der Waals surface area contributed by atoms with Crippen molar-refractivity contribution in [1.82, 2.24) is 24.6 Å². The normalized spacial score (nSPS) is 17.3. The van der Waals surface area contributed by atoms with E-state index in [0.29, 0.717) is 18.7 Å². The van der Waals surface area contributed by atoms with Gasteiger partial charge in [-0.1, -0.05) is 44.5 Å². The molecule has 0 bridgehead atoms. The van der Waals surface area contributed by atoms with Gasteiger partial charge in [-0.05, 0) is 75.4 Å². The largest absolute Gasteiger partial charge is 0.465 e. The van der Waals surface area contributed by atoms with Crippen LogP contribution in [0.3, 0.4) is 0 Å². The molecule has 1 saturated heterocycles. The first-order valence-electron chi connectivity index (χ1n) is 14.0. The molecular formula is C30H37ClN6O5S. The molecule has 2 atom stereocenters. The van der Waals surface area contributed by atoms with Crippen molar-refractivity contribution >= 4 is 39.4 Å². The lowest BCUT2D eigenvalue weighted by Gasteiger charge is -2.28. The van der Waals surface area contributed by atoms with Gasteiger partial charge in [0.2, 0.25) is 0 Å². The summed E-state index contributed by atoms with van der Waals surface area (Å²) in [5.41, 5.74) is 0.574. The van der Waals surface area contributed by atoms with Crippen LogP contribution in [0.5, 0.6) is 0 Å². The van der Waals surface area contributed by atoms with Crippen molar-refractivity contribution in [2.45, 2.75) is 75.9 Å². The third-order valence-corrected chi connectivity index (χ3v) is 9.03. The molecule has 230 valence electrons. The number of anilines is 1. The van der Waals surface area contributed by atoms with E-state index in [4.69, 9.17) is 11.6 Å². The highest BCUT2D eigenvalue weighted by Gasteiger charge is 2.41. The average molecular weight is 629 g/mol. The maximum atomic E-state index is 13.2. The van der Waals surface area contributed by atoms with Crippen LogP contribution in [0.4, 0.5) is 10.6 Å². The lowest BCUT2D eigenvalue weighted by atomic mass is 9.91. The number of amides is 2. The summed E-state index contributed by atoms with van der Waals surface area (Å²) in [4.78, 5) is 39.1. The Kier molecular flexibility index (Phi) is 9.31. The summed E-state index contributed by atoms with van der Waals surface area (Å²) >= 11 is 6.23. The molecule has 1 aliphatic heterocycles. The van der Waals surface area contributed by atoms with Gasteiger partial charge in [-0.15, -0.1) is 0 Å². The number of aromatic nitrogens is 3. The maximum Gasteiger partial charge on any atom is 0.407 e. The molecule has 3 N–H and O–H groups in total. The van der Waals surface area contributed by atoms with E-state index in [2.05, 4.69) is 20.3 Å². The number of carboxylic acid groups (broad SMARTS) is 1. The minimum absolute atomic E-state index is 0.0701. The fourth-order valence-corrected chi connectivity index (χ4v) is 6.44. The molecule has 1 aliphatic rings. The van der Waals surface area contributed by atoms with Crippen LogP contribution in [0, 0.1) is 5.92 Å². The van der Waals surface area contributed by atoms with Gasteiger partial charge in [-0.2, -0.15) is 8.42 Å². The second-order valence-corrected chi connectivity index (χ2v) is 14.4. The Balaban J connectivity index is 1.50. The molecule has 4 rings (SSSR count). The summed E-state index contributed by atoms with van der Waals surface area (Å²) in [6.45, 7) is 10.1. The Morgan fingerprint density at radius 1 is 1.12 bits per heavy atom. The topological polar surface area (TPSA) is 154 Å². The van der Waals surface area contributed by atoms with Crippen LogP contribution in [0.2, 0.25) is 5.15 Å². The van der Waals surface area contributed by atoms with Crippen molar-refractivity contribution in [2.75, 3.05) is 11.9 Å². The van der Waals surface area contributed by atoms with Gasteiger partial charge in [0.1, 0.15) is 11.0 Å². The maximum absolute atomic E-state index is 13.2. The zero-order chi connectivity index (χ0) is 31.6. The van der Waals surface area contributed by atoms with Crippen molar-refractivity contribution in [3.8, 4) is 0 Å². The molecule has 0 saturated carbocycles. The molecule has 1 fully saturated rings. The molecule has 43 heavy (non-hydrogen) atoms. The van der Waals surface area contributed by atoms with Crippen LogP contribution in [-0.2, 0) is 15.4 Å². The summed E-state index contributed by atoms with van der Waals surface area (Å²) in [7, 11) is -4.35. The summed E-state index contributed by atoms with van der Waals surface area (Å²) in [5.74, 6) is -0.480. The van der Waals surface area contributed by atoms with E-state index < -0.39 is 27.6 Å². The molecule has 3 aromatic rings. The summed E-state index contributed by atoms with van der Waals surface area (Å²) in [5, 5.41) is 12.4. The zero-order valence-corrected chi connectivity index (χ0v) is 26.4. The van der Waals surface area contributed by atoms with E-state index in [1.165, 1.54) is 23.1 Å². The predicted molar refractivity (Wildman–Crippen MR) is 164 cm³/mol. The number of nitrogens with zero attached hydrogens (tertiary/aromatic N) is 4. The Labute approximate surface area is 257 Å². The van der Waals surface area contributed by atoms with E-state index in [-0.39, 0.29) is 38.9 Å². The lowest BCUT2D eigenvalue weighted by molar-refractivity contribution is 0.0980. The van der Waals surface area contributed by atoms with E-state index in [1.54, 1.807) is 24.4 Å². The Morgan fingerprint density at radius 2 is 1.86 bits per heavy atom. The van der Waals surface area contributed by atoms with Gasteiger partial charge in [0, 0.05) is 29.4 Å². The zero-order valence-electron chi connectivity index (χ0n) is 24.8. The number of carbonyl (C=O) groups excluding carboxylic acids is 1. The van der Waals surface area contributed by atoms with Crippen molar-refractivity contribution in [1.29, 1.82) is 0 Å². The first-order valence-corrected chi connectivity index (χ1v) is 15.8. The Hall–Kier alpha value is -3.77. The predicted octanol–water partition coefficient (Wildman–Crippen LogP) is 5.65. The molecular weight excluding hydrogens is 592 g/mol. The van der Waals surface area contributed by atoms with Crippen LogP contribution < -0.4 is 10.0 Å². The van der Waals surface area contributed by atoms with Crippen molar-refractivity contribution < 1.29 is 23.1 Å². The number of hydrogen-bond donors (Lipinski definition) is 3. The minimum Gasteiger partial charge on any atom is -0.465 e. The smallest absolute Gasteiger partial charge is 0.407 e. The minimum atomic E-state index is -4.35. The number of nitrogens with one attached hydrogen (secondary N) is 2. The quantitative estimate of drug-likeness (QED) is 0.255. The highest BCUT2D eigenvalue weighted by molar-refractivity contribution is 7.90. The van der Waals surface area contributed by atoms with Gasteiger partial charge in [-0.25, -0.2) is 19.5 Å². The third kappa shape index (κ3) is 7.80. The monoisotopic (exact) mass is 628 g/mol. The average Bonchev–Trinajstić information content (AvgIpc) is 3.25. The standard InChI is InChI=1S/C30H37ClN6O5S/c1-29(2,3)23-15-13-20(26(31)34-23)27(38)36-43(41,42)25-11-8-10-24(35-25)33-22(21-9-6-7-16-32-21)14-12-19-17-30(4,5)37(18-19)28(39)40/h6-11,13,15-16,19,22H,12,14,17-18H2,1-5H3,(H,33,35)(H,36,38)(H,39,40)/t19-,22?/m0/s1. The fraction of sp³-hybridized carbons (Fsp3) is 0.433. The van der Waals surface area contributed by atoms with Crippen LogP contribution in [0.15, 0.2) is 59.8 Å². The number of sulfonamides is 1. The van der Waals surface area contributed by atoms with E-state index in [0.717, 1.165) is 18.5 Å². The Bertz CT molecular complexity index is 1590. The molecule has 1 unspecified atom stereocenters. The number of pyridine rings is 3. The highest BCUT2D eigenvalue weighted by Crippen LogP contribution is 2.36. The Morgan fingerprint density at radius 3 is 2.47 bits per heavy atom. The number of carbonyl (C=O) groups is 2. The molecule has 13 heteroatoms. The van der Waals surface area contributed by atoms with Crippen LogP contribution in [-0.4, -0.2) is 57.5 Å². The van der Waals surface area contributed by atoms with Crippen molar-refractivity contribution in [2.24, 2.45) is 5.92 Å².